The zero-order chi connectivity index (χ0) is 18.9. The van der Waals surface area contributed by atoms with Gasteiger partial charge in [0.25, 0.3) is 0 Å². The van der Waals surface area contributed by atoms with Crippen LogP contribution in [0.4, 0.5) is 5.69 Å². The number of anilines is 1. The number of nitrogens with one attached hydrogen (secondary N) is 2. The Morgan fingerprint density at radius 1 is 1.04 bits per heavy atom. The van der Waals surface area contributed by atoms with E-state index in [1.165, 1.54) is 0 Å². The Bertz CT molecular complexity index is 745. The van der Waals surface area contributed by atoms with Crippen LogP contribution in [-0.2, 0) is 6.54 Å². The van der Waals surface area contributed by atoms with Crippen LogP contribution in [0, 0.1) is 0 Å². The van der Waals surface area contributed by atoms with E-state index in [1.807, 2.05) is 56.3 Å². The molecule has 0 heterocycles. The van der Waals surface area contributed by atoms with Crippen molar-refractivity contribution in [3.05, 3.63) is 48.0 Å². The van der Waals surface area contributed by atoms with Gasteiger partial charge < -0.3 is 24.8 Å². The predicted molar refractivity (Wildman–Crippen MR) is 106 cm³/mol. The highest BCUT2D eigenvalue weighted by atomic mass is 16.5. The fourth-order valence-electron chi connectivity index (χ4n) is 2.42. The first kappa shape index (κ1) is 19.4. The molecule has 2 N–H and O–H groups in total. The molecule has 0 bridgehead atoms. The molecule has 0 fully saturated rings. The lowest BCUT2D eigenvalue weighted by Gasteiger charge is -2.15. The lowest BCUT2D eigenvalue weighted by Crippen LogP contribution is -2.30. The van der Waals surface area contributed by atoms with Gasteiger partial charge in [0.2, 0.25) is 0 Å². The SMILES string of the molecule is CN=C(NCc1cccc(OC(C)C)c1)Nc1ccc(OC)c(OC)c1. The van der Waals surface area contributed by atoms with Crippen molar-refractivity contribution in [2.45, 2.75) is 26.5 Å². The predicted octanol–water partition coefficient (Wildman–Crippen LogP) is 3.68. The maximum absolute atomic E-state index is 5.73. The van der Waals surface area contributed by atoms with Crippen molar-refractivity contribution in [3.63, 3.8) is 0 Å². The molecule has 0 aliphatic rings. The van der Waals surface area contributed by atoms with Gasteiger partial charge in [-0.25, -0.2) is 0 Å². The van der Waals surface area contributed by atoms with Gasteiger partial charge in [-0.15, -0.1) is 0 Å². The van der Waals surface area contributed by atoms with Gasteiger partial charge in [-0.05, 0) is 43.7 Å². The number of hydrogen-bond acceptors (Lipinski definition) is 4. The molecule has 2 rings (SSSR count). The third kappa shape index (κ3) is 5.58. The number of benzene rings is 2. The molecule has 26 heavy (non-hydrogen) atoms. The molecule has 0 aliphatic carbocycles. The van der Waals surface area contributed by atoms with Gasteiger partial charge in [0.05, 0.1) is 20.3 Å². The Labute approximate surface area is 155 Å². The lowest BCUT2D eigenvalue weighted by molar-refractivity contribution is 0.242. The highest BCUT2D eigenvalue weighted by molar-refractivity contribution is 5.93. The molecule has 2 aromatic rings. The zero-order valence-corrected chi connectivity index (χ0v) is 16.0. The summed E-state index contributed by atoms with van der Waals surface area (Å²) >= 11 is 0. The van der Waals surface area contributed by atoms with Gasteiger partial charge in [-0.1, -0.05) is 12.1 Å². The van der Waals surface area contributed by atoms with Crippen molar-refractivity contribution in [3.8, 4) is 17.2 Å². The highest BCUT2D eigenvalue weighted by Gasteiger charge is 2.07. The average Bonchev–Trinajstić information content (AvgIpc) is 2.64. The molecular weight excluding hydrogens is 330 g/mol. The fourth-order valence-corrected chi connectivity index (χ4v) is 2.42. The Kier molecular flexibility index (Phi) is 7.14. The first-order valence-corrected chi connectivity index (χ1v) is 8.51. The monoisotopic (exact) mass is 357 g/mol. The maximum atomic E-state index is 5.73. The molecule has 6 heteroatoms. The quantitative estimate of drug-likeness (QED) is 0.585. The minimum Gasteiger partial charge on any atom is -0.493 e. The summed E-state index contributed by atoms with van der Waals surface area (Å²) in [5, 5.41) is 6.54. The summed E-state index contributed by atoms with van der Waals surface area (Å²) in [6.07, 6.45) is 0.151. The van der Waals surface area contributed by atoms with Crippen molar-refractivity contribution in [2.75, 3.05) is 26.6 Å². The fraction of sp³-hybridized carbons (Fsp3) is 0.350. The molecule has 2 aromatic carbocycles. The number of ether oxygens (including phenoxy) is 3. The van der Waals surface area contributed by atoms with Crippen LogP contribution in [0.1, 0.15) is 19.4 Å². The molecule has 6 nitrogen and oxygen atoms in total. The van der Waals surface area contributed by atoms with Gasteiger partial charge in [-0.2, -0.15) is 0 Å². The summed E-state index contributed by atoms with van der Waals surface area (Å²) in [6, 6.07) is 13.6. The van der Waals surface area contributed by atoms with E-state index >= 15 is 0 Å². The standard InChI is InChI=1S/C20H27N3O3/c1-14(2)26-17-8-6-7-15(11-17)13-22-20(21-3)23-16-9-10-18(24-4)19(12-16)25-5/h6-12,14H,13H2,1-5H3,(H2,21,22,23). The molecule has 0 spiro atoms. The third-order valence-electron chi connectivity index (χ3n) is 3.60. The van der Waals surface area contributed by atoms with Gasteiger partial charge in [0.1, 0.15) is 5.75 Å². The summed E-state index contributed by atoms with van der Waals surface area (Å²) < 4.78 is 16.3. The normalized spacial score (nSPS) is 11.2. The summed E-state index contributed by atoms with van der Waals surface area (Å²) in [5.41, 5.74) is 1.96. The summed E-state index contributed by atoms with van der Waals surface area (Å²) in [5.74, 6) is 2.86. The van der Waals surface area contributed by atoms with Crippen LogP contribution in [0.15, 0.2) is 47.5 Å². The van der Waals surface area contributed by atoms with Crippen LogP contribution in [0.2, 0.25) is 0 Å². The van der Waals surface area contributed by atoms with Crippen molar-refractivity contribution in [1.82, 2.24) is 5.32 Å². The van der Waals surface area contributed by atoms with Crippen LogP contribution in [0.3, 0.4) is 0 Å². The Balaban J connectivity index is 2.00. The number of nitrogens with zero attached hydrogens (tertiary/aromatic N) is 1. The number of methoxy groups -OCH3 is 2. The topological polar surface area (TPSA) is 64.1 Å². The summed E-state index contributed by atoms with van der Waals surface area (Å²) in [7, 11) is 4.96. The van der Waals surface area contributed by atoms with E-state index in [1.54, 1.807) is 21.3 Å². The average molecular weight is 357 g/mol. The van der Waals surface area contributed by atoms with Crippen molar-refractivity contribution < 1.29 is 14.2 Å². The van der Waals surface area contributed by atoms with Gasteiger partial charge in [-0.3, -0.25) is 4.99 Å². The Morgan fingerprint density at radius 3 is 2.46 bits per heavy atom. The number of aliphatic imine (C=N–C) groups is 1. The zero-order valence-electron chi connectivity index (χ0n) is 16.0. The van der Waals surface area contributed by atoms with Crippen LogP contribution < -0.4 is 24.8 Å². The second kappa shape index (κ2) is 9.56. The molecule has 0 saturated heterocycles. The first-order valence-electron chi connectivity index (χ1n) is 8.51. The second-order valence-electron chi connectivity index (χ2n) is 5.93. The molecule has 140 valence electrons. The van der Waals surface area contributed by atoms with E-state index in [-0.39, 0.29) is 6.10 Å². The Morgan fingerprint density at radius 2 is 1.81 bits per heavy atom. The van der Waals surface area contributed by atoms with E-state index < -0.39 is 0 Å². The molecule has 0 saturated carbocycles. The van der Waals surface area contributed by atoms with Gasteiger partial charge >= 0.3 is 0 Å². The largest absolute Gasteiger partial charge is 0.493 e. The van der Waals surface area contributed by atoms with Gasteiger partial charge in [0, 0.05) is 25.3 Å². The van der Waals surface area contributed by atoms with Crippen molar-refractivity contribution in [2.24, 2.45) is 4.99 Å². The first-order chi connectivity index (χ1) is 12.5. The van der Waals surface area contributed by atoms with E-state index in [0.29, 0.717) is 24.0 Å². The summed E-state index contributed by atoms with van der Waals surface area (Å²) in [4.78, 5) is 4.26. The van der Waals surface area contributed by atoms with Crippen LogP contribution in [0.5, 0.6) is 17.2 Å². The maximum Gasteiger partial charge on any atom is 0.195 e. The third-order valence-corrected chi connectivity index (χ3v) is 3.60. The van der Waals surface area contributed by atoms with Crippen LogP contribution >= 0.6 is 0 Å². The minimum absolute atomic E-state index is 0.151. The number of hydrogen-bond donors (Lipinski definition) is 2. The number of guanidine groups is 1. The van der Waals surface area contributed by atoms with Gasteiger partial charge in [0.15, 0.2) is 17.5 Å². The molecule has 0 atom stereocenters. The molecule has 0 amide bonds. The van der Waals surface area contributed by atoms with Crippen LogP contribution in [-0.4, -0.2) is 33.3 Å². The molecule has 0 radical (unpaired) electrons. The highest BCUT2D eigenvalue weighted by Crippen LogP contribution is 2.29. The molecule has 0 aliphatic heterocycles. The van der Waals surface area contributed by atoms with E-state index in [4.69, 9.17) is 14.2 Å². The Hall–Kier alpha value is -2.89. The summed E-state index contributed by atoms with van der Waals surface area (Å²) in [6.45, 7) is 4.65. The smallest absolute Gasteiger partial charge is 0.195 e. The van der Waals surface area contributed by atoms with E-state index in [2.05, 4.69) is 15.6 Å². The van der Waals surface area contributed by atoms with Crippen molar-refractivity contribution >= 4 is 11.6 Å². The molecule has 0 unspecified atom stereocenters. The number of rotatable bonds is 7. The molecular formula is C20H27N3O3. The second-order valence-corrected chi connectivity index (χ2v) is 5.93. The minimum atomic E-state index is 0.151. The van der Waals surface area contributed by atoms with E-state index in [0.717, 1.165) is 17.0 Å². The van der Waals surface area contributed by atoms with Crippen LogP contribution in [0.25, 0.3) is 0 Å². The molecule has 0 aromatic heterocycles. The van der Waals surface area contributed by atoms with Crippen molar-refractivity contribution in [1.29, 1.82) is 0 Å². The van der Waals surface area contributed by atoms with E-state index in [9.17, 15) is 0 Å². The lowest BCUT2D eigenvalue weighted by atomic mass is 10.2.